The number of phosphoric acid groups is 2. The van der Waals surface area contributed by atoms with Crippen LogP contribution in [0.25, 0.3) is 11.2 Å². The van der Waals surface area contributed by atoms with Crippen LogP contribution in [0.1, 0.15) is 6.23 Å². The van der Waals surface area contributed by atoms with Crippen LogP contribution in [0.15, 0.2) is 11.1 Å². The number of aromatic nitrogens is 4. The van der Waals surface area contributed by atoms with Crippen molar-refractivity contribution in [1.29, 1.82) is 0 Å². The van der Waals surface area contributed by atoms with Gasteiger partial charge in [0, 0.05) is 0 Å². The zero-order chi connectivity index (χ0) is 20.9. The second-order valence-corrected chi connectivity index (χ2v) is 7.85. The van der Waals surface area contributed by atoms with Crippen molar-refractivity contribution in [2.45, 2.75) is 24.5 Å². The quantitative estimate of drug-likeness (QED) is 0.263. The Morgan fingerprint density at radius 1 is 1.19 bits per heavy atom. The molecular weight excluding hydrogens is 456 g/mol. The first-order chi connectivity index (χ1) is 12.9. The number of hydrogen-bond acceptors (Lipinski definition) is 14. The number of nitrogens with zero attached hydrogens (tertiary/aromatic N) is 3. The number of fused-ring (bicyclic) bond motifs is 1. The molecule has 0 radical (unpaired) electrons. The van der Waals surface area contributed by atoms with E-state index in [1.165, 1.54) is 0 Å². The molecular formula is C10H11Li4N5O11P2. The van der Waals surface area contributed by atoms with Gasteiger partial charge in [-0.2, -0.15) is 4.98 Å². The summed E-state index contributed by atoms with van der Waals surface area (Å²) in [5.74, 6) is -0.304. The molecule has 1 fully saturated rings. The Hall–Kier alpha value is 0.680. The average Bonchev–Trinajstić information content (AvgIpc) is 3.06. The molecule has 0 unspecified atom stereocenters. The van der Waals surface area contributed by atoms with Crippen LogP contribution in [0.2, 0.25) is 0 Å². The summed E-state index contributed by atoms with van der Waals surface area (Å²) >= 11 is 0. The van der Waals surface area contributed by atoms with Gasteiger partial charge in [0.05, 0.1) is 28.6 Å². The average molecular weight is 467 g/mol. The molecule has 32 heavy (non-hydrogen) atoms. The molecule has 2 aromatic rings. The van der Waals surface area contributed by atoms with Crippen molar-refractivity contribution in [2.75, 3.05) is 12.3 Å². The van der Waals surface area contributed by atoms with Crippen molar-refractivity contribution < 1.29 is 123 Å². The molecule has 1 saturated heterocycles. The third-order valence-electron chi connectivity index (χ3n) is 3.68. The van der Waals surface area contributed by atoms with Crippen molar-refractivity contribution in [3.63, 3.8) is 0 Å². The predicted octanol–water partition coefficient (Wildman–Crippen LogP) is -17.0. The third kappa shape index (κ3) is 8.41. The number of imidazole rings is 1. The molecule has 16 nitrogen and oxygen atoms in total. The molecule has 4 N–H and O–H groups in total. The van der Waals surface area contributed by atoms with E-state index in [4.69, 9.17) is 10.5 Å². The number of aliphatic hydroxyl groups is 1. The van der Waals surface area contributed by atoms with E-state index in [0.717, 1.165) is 10.9 Å². The van der Waals surface area contributed by atoms with Crippen molar-refractivity contribution in [3.8, 4) is 0 Å². The summed E-state index contributed by atoms with van der Waals surface area (Å²) in [4.78, 5) is 64.8. The van der Waals surface area contributed by atoms with Crippen LogP contribution in [0.5, 0.6) is 0 Å². The third-order valence-corrected chi connectivity index (χ3v) is 4.65. The summed E-state index contributed by atoms with van der Waals surface area (Å²) in [7, 11) is -11.1. The molecule has 156 valence electrons. The Morgan fingerprint density at radius 2 is 1.78 bits per heavy atom. The van der Waals surface area contributed by atoms with Crippen molar-refractivity contribution in [1.82, 2.24) is 19.5 Å². The zero-order valence-corrected chi connectivity index (χ0v) is 19.2. The van der Waals surface area contributed by atoms with E-state index in [2.05, 4.69) is 24.0 Å². The molecule has 1 aliphatic rings. The van der Waals surface area contributed by atoms with Gasteiger partial charge in [-0.1, -0.05) is 0 Å². The second kappa shape index (κ2) is 13.1. The van der Waals surface area contributed by atoms with Crippen LogP contribution in [0, 0.1) is 0 Å². The van der Waals surface area contributed by atoms with Gasteiger partial charge in [0.1, 0.15) is 18.3 Å². The van der Waals surface area contributed by atoms with E-state index in [0.29, 0.717) is 0 Å². The van der Waals surface area contributed by atoms with Crippen molar-refractivity contribution in [2.24, 2.45) is 0 Å². The van der Waals surface area contributed by atoms with E-state index < -0.39 is 52.4 Å². The number of aliphatic hydroxyl groups excluding tert-OH is 1. The van der Waals surface area contributed by atoms with Gasteiger partial charge in [-0.15, -0.1) is 0 Å². The summed E-state index contributed by atoms with van der Waals surface area (Å²) in [5, 5.41) is 10.4. The van der Waals surface area contributed by atoms with Crippen LogP contribution in [0.3, 0.4) is 0 Å². The number of nitrogens with two attached hydrogens (primary N) is 1. The minimum Gasteiger partial charge on any atom is -0.790 e. The van der Waals surface area contributed by atoms with Crippen LogP contribution in [-0.4, -0.2) is 49.5 Å². The number of anilines is 1. The van der Waals surface area contributed by atoms with Crippen LogP contribution >= 0.6 is 15.6 Å². The molecule has 1 aliphatic heterocycles. The van der Waals surface area contributed by atoms with Gasteiger partial charge in [-0.3, -0.25) is 14.3 Å². The molecule has 0 aromatic carbocycles. The minimum absolute atomic E-state index is 0. The SMILES string of the molecule is Nc1nc2c(ncn2[C@@H]2O[C@H](COP(=O)([O-])[O-])[C@@H](OP(=O)([O-])[O-])[C@H]2O)c(=O)[nH]1.[Li+].[Li+].[Li+].[Li+]. The topological polar surface area (TPSA) is 264 Å². The Morgan fingerprint density at radius 3 is 2.31 bits per heavy atom. The minimum atomic E-state index is -5.66. The van der Waals surface area contributed by atoms with E-state index in [1.54, 1.807) is 0 Å². The van der Waals surface area contributed by atoms with E-state index in [-0.39, 0.29) is 92.6 Å². The van der Waals surface area contributed by atoms with Gasteiger partial charge in [-0.25, -0.2) is 4.98 Å². The fourth-order valence-electron chi connectivity index (χ4n) is 2.66. The number of ether oxygens (including phenoxy) is 1. The van der Waals surface area contributed by atoms with Crippen molar-refractivity contribution >= 4 is 32.8 Å². The summed E-state index contributed by atoms with van der Waals surface area (Å²) in [6.45, 7) is -1.05. The van der Waals surface area contributed by atoms with Crippen molar-refractivity contribution in [3.05, 3.63) is 16.7 Å². The number of H-pyrrole nitrogens is 1. The zero-order valence-electron chi connectivity index (χ0n) is 17.4. The van der Waals surface area contributed by atoms with Gasteiger partial charge in [-0.05, 0) is 0 Å². The van der Waals surface area contributed by atoms with Gasteiger partial charge in [0.25, 0.3) is 5.56 Å². The first kappa shape index (κ1) is 34.8. The number of nitrogens with one attached hydrogen (secondary N) is 1. The van der Waals surface area contributed by atoms with E-state index >= 15 is 0 Å². The molecule has 22 heteroatoms. The molecule has 4 atom stereocenters. The summed E-state index contributed by atoms with van der Waals surface area (Å²) in [6.07, 6.45) is -6.01. The van der Waals surface area contributed by atoms with Crippen LogP contribution in [-0.2, 0) is 22.9 Å². The van der Waals surface area contributed by atoms with Crippen LogP contribution in [0.4, 0.5) is 5.95 Å². The fourth-order valence-corrected chi connectivity index (χ4v) is 3.54. The molecule has 0 spiro atoms. The van der Waals surface area contributed by atoms with E-state index in [9.17, 15) is 38.6 Å². The van der Waals surface area contributed by atoms with Gasteiger partial charge in [0.15, 0.2) is 17.4 Å². The Kier molecular flexibility index (Phi) is 14.3. The van der Waals surface area contributed by atoms with Gasteiger partial charge >= 0.3 is 75.4 Å². The molecule has 3 rings (SSSR count). The molecule has 0 bridgehead atoms. The maximum absolute atomic E-state index is 11.8. The Labute approximate surface area is 227 Å². The predicted molar refractivity (Wildman–Crippen MR) is 78.5 cm³/mol. The molecule has 0 aliphatic carbocycles. The maximum Gasteiger partial charge on any atom is 1.00 e. The second-order valence-electron chi connectivity index (χ2n) is 5.59. The smallest absolute Gasteiger partial charge is 0.790 e. The molecule has 0 saturated carbocycles. The Balaban J connectivity index is 0. The fraction of sp³-hybridized carbons (Fsp3) is 0.500. The number of nitrogen functional groups attached to an aromatic ring is 1. The number of rotatable bonds is 6. The molecule has 2 aromatic heterocycles. The number of hydrogen-bond donors (Lipinski definition) is 3. The summed E-state index contributed by atoms with van der Waals surface area (Å²) < 4.78 is 36.1. The standard InChI is InChI=1S/C10H15N5O11P2.4Li/c11-10-13-7-4(8(17)14-10)12-2-15(7)9-5(16)6(26-28(21,22)23)3(25-9)1-24-27(18,19)20;;;;/h2-3,5-6,9,16H,1H2,(H2,18,19,20)(H2,21,22,23)(H3,11,13,14,17);;;;/q;4*+1/p-4/t3-,5-,6-,9-;;;;/m1..../s1. The Bertz CT molecular complexity index is 1040. The maximum atomic E-state index is 11.8. The van der Waals surface area contributed by atoms with E-state index in [1.807, 2.05) is 0 Å². The number of phosphoric ester groups is 2. The van der Waals surface area contributed by atoms with Gasteiger partial charge in [0.2, 0.25) is 5.95 Å². The van der Waals surface area contributed by atoms with Crippen LogP contribution < -0.4 is 106 Å². The summed E-state index contributed by atoms with van der Waals surface area (Å²) in [5.41, 5.74) is 4.35. The molecule has 0 amide bonds. The monoisotopic (exact) mass is 467 g/mol. The molecule has 3 heterocycles. The van der Waals surface area contributed by atoms with Gasteiger partial charge < -0.3 is 53.3 Å². The normalized spacial score (nSPS) is 22.9. The summed E-state index contributed by atoms with van der Waals surface area (Å²) in [6, 6.07) is 0. The first-order valence-electron chi connectivity index (χ1n) is 7.28. The largest absolute Gasteiger partial charge is 1.00 e. The number of aromatic amines is 1. The first-order valence-corrected chi connectivity index (χ1v) is 10.2.